The van der Waals surface area contributed by atoms with Crippen LogP contribution < -0.4 is 0 Å². The molecule has 0 fully saturated rings. The number of unbranched alkanes of at least 4 members (excludes halogenated alkanes) is 7. The number of rotatable bonds is 12. The fraction of sp³-hybridized carbons (Fsp3) is 0.929. The molecular weight excluding hydrogens is 232 g/mol. The van der Waals surface area contributed by atoms with Gasteiger partial charge in [0.1, 0.15) is 0 Å². The molecule has 3 heteroatoms. The van der Waals surface area contributed by atoms with E-state index in [9.17, 15) is 4.79 Å². The van der Waals surface area contributed by atoms with Crippen LogP contribution in [0.2, 0.25) is 0 Å². The summed E-state index contributed by atoms with van der Waals surface area (Å²) in [6, 6.07) is 0. The van der Waals surface area contributed by atoms with Gasteiger partial charge in [-0.15, -0.1) is 0 Å². The van der Waals surface area contributed by atoms with Crippen LogP contribution in [-0.4, -0.2) is 22.6 Å². The molecule has 0 saturated heterocycles. The standard InChI is InChI=1S/C14H28O2S/c1-3-4-5-6-7-8-9-10-11-17-12-13(2)14(15)16/h13H,3-12H2,1-2H3,(H,15,16). The van der Waals surface area contributed by atoms with Crippen LogP contribution in [0.25, 0.3) is 0 Å². The van der Waals surface area contributed by atoms with Gasteiger partial charge in [0.25, 0.3) is 0 Å². The van der Waals surface area contributed by atoms with Crippen molar-refractivity contribution in [2.75, 3.05) is 11.5 Å². The molecule has 0 aliphatic rings. The minimum absolute atomic E-state index is 0.200. The van der Waals surface area contributed by atoms with Crippen molar-refractivity contribution in [2.24, 2.45) is 5.92 Å². The van der Waals surface area contributed by atoms with Crippen molar-refractivity contribution >= 4 is 17.7 Å². The van der Waals surface area contributed by atoms with Gasteiger partial charge in [0.05, 0.1) is 5.92 Å². The lowest BCUT2D eigenvalue weighted by Gasteiger charge is -2.05. The Morgan fingerprint density at radius 1 is 1.06 bits per heavy atom. The zero-order valence-electron chi connectivity index (χ0n) is 11.4. The molecule has 0 aromatic heterocycles. The highest BCUT2D eigenvalue weighted by Gasteiger charge is 2.09. The van der Waals surface area contributed by atoms with Crippen LogP contribution in [0.3, 0.4) is 0 Å². The van der Waals surface area contributed by atoms with E-state index in [4.69, 9.17) is 5.11 Å². The molecule has 1 atom stereocenters. The van der Waals surface area contributed by atoms with E-state index >= 15 is 0 Å². The summed E-state index contributed by atoms with van der Waals surface area (Å²) in [6.07, 6.45) is 10.7. The van der Waals surface area contributed by atoms with Gasteiger partial charge < -0.3 is 5.11 Å². The molecule has 0 aromatic carbocycles. The van der Waals surface area contributed by atoms with Crippen LogP contribution in [0.1, 0.15) is 65.2 Å². The topological polar surface area (TPSA) is 37.3 Å². The average molecular weight is 260 g/mol. The molecule has 0 bridgehead atoms. The number of hydrogen-bond donors (Lipinski definition) is 1. The van der Waals surface area contributed by atoms with Gasteiger partial charge in [-0.2, -0.15) is 11.8 Å². The summed E-state index contributed by atoms with van der Waals surface area (Å²) >= 11 is 1.78. The summed E-state index contributed by atoms with van der Waals surface area (Å²) in [7, 11) is 0. The predicted molar refractivity (Wildman–Crippen MR) is 76.7 cm³/mol. The first-order valence-corrected chi connectivity index (χ1v) is 8.14. The lowest BCUT2D eigenvalue weighted by Crippen LogP contribution is -2.11. The molecule has 0 spiro atoms. The van der Waals surface area contributed by atoms with Gasteiger partial charge in [0.15, 0.2) is 0 Å². The van der Waals surface area contributed by atoms with Crippen molar-refractivity contribution in [1.82, 2.24) is 0 Å². The number of carboxylic acid groups (broad SMARTS) is 1. The molecular formula is C14H28O2S. The molecule has 0 aromatic rings. The highest BCUT2D eigenvalue weighted by Crippen LogP contribution is 2.13. The smallest absolute Gasteiger partial charge is 0.307 e. The third kappa shape index (κ3) is 12.1. The molecule has 0 saturated carbocycles. The SMILES string of the molecule is CCCCCCCCCCSCC(C)C(=O)O. The summed E-state index contributed by atoms with van der Waals surface area (Å²) in [4.78, 5) is 10.6. The maximum absolute atomic E-state index is 10.6. The molecule has 0 rings (SSSR count). The summed E-state index contributed by atoms with van der Waals surface area (Å²) in [6.45, 7) is 4.03. The van der Waals surface area contributed by atoms with E-state index in [0.717, 1.165) is 11.5 Å². The molecule has 2 nitrogen and oxygen atoms in total. The van der Waals surface area contributed by atoms with Crippen molar-refractivity contribution in [3.8, 4) is 0 Å². The van der Waals surface area contributed by atoms with E-state index in [1.165, 1.54) is 51.4 Å². The van der Waals surface area contributed by atoms with Crippen molar-refractivity contribution < 1.29 is 9.90 Å². The van der Waals surface area contributed by atoms with E-state index < -0.39 is 5.97 Å². The van der Waals surface area contributed by atoms with E-state index in [2.05, 4.69) is 6.92 Å². The monoisotopic (exact) mass is 260 g/mol. The quantitative estimate of drug-likeness (QED) is 0.522. The predicted octanol–water partition coefficient (Wildman–Crippen LogP) is 4.58. The van der Waals surface area contributed by atoms with Crippen LogP contribution >= 0.6 is 11.8 Å². The Morgan fingerprint density at radius 3 is 2.12 bits per heavy atom. The summed E-state index contributed by atoms with van der Waals surface area (Å²) < 4.78 is 0. The Morgan fingerprint density at radius 2 is 1.59 bits per heavy atom. The van der Waals surface area contributed by atoms with Crippen molar-refractivity contribution in [3.05, 3.63) is 0 Å². The third-order valence-electron chi connectivity index (χ3n) is 2.93. The Balaban J connectivity index is 3.06. The van der Waals surface area contributed by atoms with E-state index in [0.29, 0.717) is 0 Å². The highest BCUT2D eigenvalue weighted by molar-refractivity contribution is 7.99. The summed E-state index contributed by atoms with van der Waals surface area (Å²) in [5.41, 5.74) is 0. The van der Waals surface area contributed by atoms with Crippen LogP contribution in [0.15, 0.2) is 0 Å². The van der Waals surface area contributed by atoms with Gasteiger partial charge >= 0.3 is 5.97 Å². The van der Waals surface area contributed by atoms with Crippen LogP contribution in [0.5, 0.6) is 0 Å². The fourth-order valence-corrected chi connectivity index (χ4v) is 2.74. The number of hydrogen-bond acceptors (Lipinski definition) is 2. The summed E-state index contributed by atoms with van der Waals surface area (Å²) in [5, 5.41) is 8.71. The lowest BCUT2D eigenvalue weighted by atomic mass is 10.1. The number of thioether (sulfide) groups is 1. The maximum Gasteiger partial charge on any atom is 0.307 e. The molecule has 0 heterocycles. The second-order valence-corrected chi connectivity index (χ2v) is 5.94. The van der Waals surface area contributed by atoms with Crippen LogP contribution in [0.4, 0.5) is 0 Å². The van der Waals surface area contributed by atoms with Gasteiger partial charge in [0, 0.05) is 5.75 Å². The van der Waals surface area contributed by atoms with Gasteiger partial charge in [0.2, 0.25) is 0 Å². The molecule has 0 aliphatic heterocycles. The van der Waals surface area contributed by atoms with E-state index in [-0.39, 0.29) is 5.92 Å². The van der Waals surface area contributed by atoms with Gasteiger partial charge in [-0.25, -0.2) is 0 Å². The van der Waals surface area contributed by atoms with Gasteiger partial charge in [-0.3, -0.25) is 4.79 Å². The number of carbonyl (C=O) groups is 1. The molecule has 0 amide bonds. The average Bonchev–Trinajstić information content (AvgIpc) is 2.31. The zero-order chi connectivity index (χ0) is 12.9. The van der Waals surface area contributed by atoms with Crippen molar-refractivity contribution in [3.63, 3.8) is 0 Å². The molecule has 102 valence electrons. The molecule has 17 heavy (non-hydrogen) atoms. The Hall–Kier alpha value is -0.180. The minimum Gasteiger partial charge on any atom is -0.481 e. The first-order valence-electron chi connectivity index (χ1n) is 6.99. The van der Waals surface area contributed by atoms with Crippen LogP contribution in [0, 0.1) is 5.92 Å². The van der Waals surface area contributed by atoms with Crippen LogP contribution in [-0.2, 0) is 4.79 Å². The maximum atomic E-state index is 10.6. The second-order valence-electron chi connectivity index (χ2n) is 4.79. The Kier molecular flexibility index (Phi) is 12.2. The van der Waals surface area contributed by atoms with E-state index in [1.54, 1.807) is 18.7 Å². The Labute approximate surface area is 111 Å². The molecule has 1 unspecified atom stereocenters. The second kappa shape index (κ2) is 12.3. The number of carboxylic acids is 1. The first kappa shape index (κ1) is 16.8. The van der Waals surface area contributed by atoms with E-state index in [1.807, 2.05) is 0 Å². The minimum atomic E-state index is -0.673. The first-order chi connectivity index (χ1) is 8.18. The van der Waals surface area contributed by atoms with Gasteiger partial charge in [-0.05, 0) is 12.2 Å². The Bertz CT molecular complexity index is 183. The number of aliphatic carboxylic acids is 1. The highest BCUT2D eigenvalue weighted by atomic mass is 32.2. The van der Waals surface area contributed by atoms with Crippen molar-refractivity contribution in [2.45, 2.75) is 65.2 Å². The fourth-order valence-electron chi connectivity index (χ4n) is 1.67. The largest absolute Gasteiger partial charge is 0.481 e. The van der Waals surface area contributed by atoms with Gasteiger partial charge in [-0.1, -0.05) is 58.8 Å². The summed E-state index contributed by atoms with van der Waals surface area (Å²) in [5.74, 6) is 1.00. The molecule has 1 N–H and O–H groups in total. The third-order valence-corrected chi connectivity index (χ3v) is 4.24. The van der Waals surface area contributed by atoms with Crippen molar-refractivity contribution in [1.29, 1.82) is 0 Å². The normalized spacial score (nSPS) is 12.6. The zero-order valence-corrected chi connectivity index (χ0v) is 12.2. The lowest BCUT2D eigenvalue weighted by molar-refractivity contribution is -0.140. The molecule has 0 aliphatic carbocycles. The molecule has 0 radical (unpaired) electrons.